The third-order valence-electron chi connectivity index (χ3n) is 3.82. The number of carbonyl (C=O) groups is 2. The highest BCUT2D eigenvalue weighted by Crippen LogP contribution is 2.31. The molecule has 0 aliphatic heterocycles. The third-order valence-corrected chi connectivity index (χ3v) is 3.82. The summed E-state index contributed by atoms with van der Waals surface area (Å²) in [5.74, 6) is -0.443. The van der Waals surface area contributed by atoms with Crippen molar-refractivity contribution in [2.45, 2.75) is 6.18 Å². The topological polar surface area (TPSA) is 76.7 Å². The molecule has 0 aliphatic rings. The minimum Gasteiger partial charge on any atom is -0.493 e. The lowest BCUT2D eigenvalue weighted by Gasteiger charge is -2.13. The van der Waals surface area contributed by atoms with Gasteiger partial charge in [0, 0.05) is 18.7 Å². The molecule has 0 fully saturated rings. The van der Waals surface area contributed by atoms with E-state index in [9.17, 15) is 22.8 Å². The summed E-state index contributed by atoms with van der Waals surface area (Å²) in [5.41, 5.74) is -1.17. The van der Waals surface area contributed by atoms with E-state index in [0.29, 0.717) is 17.1 Å². The molecule has 6 nitrogen and oxygen atoms in total. The Labute approximate surface area is 159 Å². The van der Waals surface area contributed by atoms with Gasteiger partial charge in [0.15, 0.2) is 11.5 Å². The average molecular weight is 396 g/mol. The molecule has 2 rings (SSSR count). The second kappa shape index (κ2) is 9.12. The molecule has 28 heavy (non-hydrogen) atoms. The number of halogens is 3. The van der Waals surface area contributed by atoms with E-state index in [1.54, 1.807) is 6.07 Å². The Kier molecular flexibility index (Phi) is 6.86. The minimum atomic E-state index is -4.63. The first-order valence-electron chi connectivity index (χ1n) is 8.22. The zero-order valence-corrected chi connectivity index (χ0v) is 15.2. The number of ether oxygens (including phenoxy) is 2. The highest BCUT2D eigenvalue weighted by molar-refractivity contribution is 5.96. The van der Waals surface area contributed by atoms with Crippen molar-refractivity contribution in [3.8, 4) is 11.5 Å². The lowest BCUT2D eigenvalue weighted by atomic mass is 10.1. The van der Waals surface area contributed by atoms with Crippen LogP contribution in [0.25, 0.3) is 0 Å². The predicted octanol–water partition coefficient (Wildman–Crippen LogP) is 2.88. The SMILES string of the molecule is COc1ccc(C(=O)NCCNC(=O)c2ccccc2C(F)(F)F)cc1OC. The standard InChI is InChI=1S/C19H19F3N2O4/c1-27-15-8-7-12(11-16(15)28-2)17(25)23-9-10-24-18(26)13-5-3-4-6-14(13)19(20,21)22/h3-8,11H,9-10H2,1-2H3,(H,23,25)(H,24,26). The first-order valence-corrected chi connectivity index (χ1v) is 8.22. The summed E-state index contributed by atoms with van der Waals surface area (Å²) in [6.45, 7) is -0.00282. The summed E-state index contributed by atoms with van der Waals surface area (Å²) in [6.07, 6.45) is -4.63. The molecule has 0 unspecified atom stereocenters. The van der Waals surface area contributed by atoms with Crippen molar-refractivity contribution in [2.24, 2.45) is 0 Å². The van der Waals surface area contributed by atoms with Crippen LogP contribution >= 0.6 is 0 Å². The molecule has 0 aliphatic carbocycles. The fourth-order valence-corrected chi connectivity index (χ4v) is 2.46. The summed E-state index contributed by atoms with van der Waals surface area (Å²) < 4.78 is 49.1. The van der Waals surface area contributed by atoms with E-state index in [-0.39, 0.29) is 13.1 Å². The molecule has 0 aromatic heterocycles. The summed E-state index contributed by atoms with van der Waals surface area (Å²) in [6, 6.07) is 9.10. The van der Waals surface area contributed by atoms with Crippen LogP contribution in [-0.4, -0.2) is 39.1 Å². The van der Waals surface area contributed by atoms with Crippen LogP contribution in [0.15, 0.2) is 42.5 Å². The molecule has 0 atom stereocenters. The molecule has 0 spiro atoms. The van der Waals surface area contributed by atoms with Crippen LogP contribution < -0.4 is 20.1 Å². The van der Waals surface area contributed by atoms with Gasteiger partial charge in [-0.3, -0.25) is 9.59 Å². The number of methoxy groups -OCH3 is 2. The molecule has 9 heteroatoms. The molecular weight excluding hydrogens is 377 g/mol. The van der Waals surface area contributed by atoms with Crippen molar-refractivity contribution < 1.29 is 32.2 Å². The van der Waals surface area contributed by atoms with Gasteiger partial charge in [-0.25, -0.2) is 0 Å². The number of hydrogen-bond donors (Lipinski definition) is 2. The van der Waals surface area contributed by atoms with Crippen molar-refractivity contribution in [2.75, 3.05) is 27.3 Å². The van der Waals surface area contributed by atoms with Crippen LogP contribution in [0.2, 0.25) is 0 Å². The average Bonchev–Trinajstić information content (AvgIpc) is 2.69. The second-order valence-electron chi connectivity index (χ2n) is 5.62. The van der Waals surface area contributed by atoms with E-state index in [1.807, 2.05) is 0 Å². The summed E-state index contributed by atoms with van der Waals surface area (Å²) in [5, 5.41) is 4.93. The van der Waals surface area contributed by atoms with Crippen molar-refractivity contribution in [1.82, 2.24) is 10.6 Å². The largest absolute Gasteiger partial charge is 0.493 e. The van der Waals surface area contributed by atoms with Crippen molar-refractivity contribution in [1.29, 1.82) is 0 Å². The van der Waals surface area contributed by atoms with Gasteiger partial charge in [0.05, 0.1) is 25.3 Å². The molecule has 0 saturated heterocycles. The normalized spacial score (nSPS) is 10.9. The highest BCUT2D eigenvalue weighted by atomic mass is 19.4. The van der Waals surface area contributed by atoms with E-state index in [2.05, 4.69) is 10.6 Å². The maximum absolute atomic E-state index is 13.0. The van der Waals surface area contributed by atoms with Gasteiger partial charge >= 0.3 is 6.18 Å². The zero-order valence-electron chi connectivity index (χ0n) is 15.2. The van der Waals surface area contributed by atoms with Crippen LogP contribution in [0.5, 0.6) is 11.5 Å². The predicted molar refractivity (Wildman–Crippen MR) is 95.7 cm³/mol. The maximum Gasteiger partial charge on any atom is 0.417 e. The van der Waals surface area contributed by atoms with Crippen LogP contribution in [0.4, 0.5) is 13.2 Å². The van der Waals surface area contributed by atoms with E-state index in [4.69, 9.17) is 9.47 Å². The Balaban J connectivity index is 1.91. The van der Waals surface area contributed by atoms with E-state index >= 15 is 0 Å². The molecule has 0 heterocycles. The molecule has 0 radical (unpaired) electrons. The van der Waals surface area contributed by atoms with E-state index in [1.165, 1.54) is 38.5 Å². The molecule has 0 bridgehead atoms. The Morgan fingerprint density at radius 1 is 0.893 bits per heavy atom. The third kappa shape index (κ3) is 5.15. The molecular formula is C19H19F3N2O4. The second-order valence-corrected chi connectivity index (χ2v) is 5.62. The Morgan fingerprint density at radius 3 is 2.11 bits per heavy atom. The van der Waals surface area contributed by atoms with Gasteiger partial charge in [0.1, 0.15) is 0 Å². The maximum atomic E-state index is 13.0. The molecule has 2 amide bonds. The number of rotatable bonds is 7. The molecule has 2 aromatic rings. The van der Waals surface area contributed by atoms with Crippen LogP contribution in [-0.2, 0) is 6.18 Å². The highest BCUT2D eigenvalue weighted by Gasteiger charge is 2.34. The minimum absolute atomic E-state index is 0.0348. The number of carbonyl (C=O) groups excluding carboxylic acids is 2. The van der Waals surface area contributed by atoms with Crippen LogP contribution in [0.3, 0.4) is 0 Å². The summed E-state index contributed by atoms with van der Waals surface area (Å²) >= 11 is 0. The van der Waals surface area contributed by atoms with Crippen LogP contribution in [0.1, 0.15) is 26.3 Å². The Morgan fingerprint density at radius 2 is 1.50 bits per heavy atom. The number of benzene rings is 2. The van der Waals surface area contributed by atoms with Gasteiger partial charge in [-0.15, -0.1) is 0 Å². The van der Waals surface area contributed by atoms with Crippen LogP contribution in [0, 0.1) is 0 Å². The quantitative estimate of drug-likeness (QED) is 0.706. The van der Waals surface area contributed by atoms with E-state index < -0.39 is 29.1 Å². The monoisotopic (exact) mass is 396 g/mol. The smallest absolute Gasteiger partial charge is 0.417 e. The molecule has 150 valence electrons. The van der Waals surface area contributed by atoms with Gasteiger partial charge in [-0.2, -0.15) is 13.2 Å². The fourth-order valence-electron chi connectivity index (χ4n) is 2.46. The number of hydrogen-bond acceptors (Lipinski definition) is 4. The molecule has 2 N–H and O–H groups in total. The summed E-state index contributed by atoms with van der Waals surface area (Å²) in [7, 11) is 2.91. The van der Waals surface area contributed by atoms with Crippen molar-refractivity contribution >= 4 is 11.8 Å². The zero-order chi connectivity index (χ0) is 20.7. The Bertz CT molecular complexity index is 853. The lowest BCUT2D eigenvalue weighted by molar-refractivity contribution is -0.137. The summed E-state index contributed by atoms with van der Waals surface area (Å²) in [4.78, 5) is 24.2. The first kappa shape index (κ1) is 21.1. The fraction of sp³-hybridized carbons (Fsp3) is 0.263. The molecule has 2 aromatic carbocycles. The van der Waals surface area contributed by atoms with Gasteiger partial charge in [-0.05, 0) is 30.3 Å². The van der Waals surface area contributed by atoms with Gasteiger partial charge in [0.25, 0.3) is 11.8 Å². The van der Waals surface area contributed by atoms with Crippen molar-refractivity contribution in [3.63, 3.8) is 0 Å². The first-order chi connectivity index (χ1) is 13.3. The Hall–Kier alpha value is -3.23. The number of nitrogens with one attached hydrogen (secondary N) is 2. The van der Waals surface area contributed by atoms with Crippen molar-refractivity contribution in [3.05, 3.63) is 59.2 Å². The lowest BCUT2D eigenvalue weighted by Crippen LogP contribution is -2.35. The number of amides is 2. The van der Waals surface area contributed by atoms with E-state index in [0.717, 1.165) is 12.1 Å². The van der Waals surface area contributed by atoms with Gasteiger partial charge < -0.3 is 20.1 Å². The molecule has 0 saturated carbocycles. The number of alkyl halides is 3. The van der Waals surface area contributed by atoms with Gasteiger partial charge in [-0.1, -0.05) is 12.1 Å². The van der Waals surface area contributed by atoms with Gasteiger partial charge in [0.2, 0.25) is 0 Å².